The molecular formula is C14H18N2O2S. The van der Waals surface area contributed by atoms with E-state index in [2.05, 4.69) is 11.4 Å². The quantitative estimate of drug-likeness (QED) is 0.612. The van der Waals surface area contributed by atoms with Crippen molar-refractivity contribution in [2.75, 3.05) is 18.9 Å². The van der Waals surface area contributed by atoms with E-state index >= 15 is 0 Å². The van der Waals surface area contributed by atoms with Gasteiger partial charge in [0.15, 0.2) is 0 Å². The van der Waals surface area contributed by atoms with Gasteiger partial charge in [0.05, 0.1) is 17.9 Å². The van der Waals surface area contributed by atoms with Crippen molar-refractivity contribution < 1.29 is 9.53 Å². The maximum absolute atomic E-state index is 11.3. The Morgan fingerprint density at radius 1 is 1.47 bits per heavy atom. The molecule has 1 aromatic rings. The van der Waals surface area contributed by atoms with Crippen molar-refractivity contribution in [2.45, 2.75) is 25.3 Å². The number of rotatable bonds is 7. The number of nitriles is 1. The standard InChI is InChI=1S/C14H18N2O2S/c1-3-16-9-11-5-6-13(12(7-11)8-15)19-10-14(17)18-4-2/h5-7,16H,3-4,9-10H2,1-2H3. The molecule has 0 unspecified atom stereocenters. The van der Waals surface area contributed by atoms with E-state index in [1.165, 1.54) is 11.8 Å². The van der Waals surface area contributed by atoms with Gasteiger partial charge in [0.2, 0.25) is 0 Å². The van der Waals surface area contributed by atoms with Crippen molar-refractivity contribution in [1.29, 1.82) is 5.26 Å². The molecule has 0 saturated carbocycles. The van der Waals surface area contributed by atoms with Crippen LogP contribution in [0.3, 0.4) is 0 Å². The largest absolute Gasteiger partial charge is 0.465 e. The fourth-order valence-electron chi connectivity index (χ4n) is 1.51. The SMILES string of the molecule is CCNCc1ccc(SCC(=O)OCC)c(C#N)c1. The number of hydrogen-bond donors (Lipinski definition) is 1. The van der Waals surface area contributed by atoms with Crippen LogP contribution in [-0.4, -0.2) is 24.9 Å². The van der Waals surface area contributed by atoms with Crippen LogP contribution in [0.25, 0.3) is 0 Å². The van der Waals surface area contributed by atoms with Crippen molar-refractivity contribution >= 4 is 17.7 Å². The Morgan fingerprint density at radius 3 is 2.89 bits per heavy atom. The third-order valence-electron chi connectivity index (χ3n) is 2.39. The maximum Gasteiger partial charge on any atom is 0.316 e. The number of ether oxygens (including phenoxy) is 1. The summed E-state index contributed by atoms with van der Waals surface area (Å²) in [5.74, 6) is -0.0251. The lowest BCUT2D eigenvalue weighted by atomic mass is 10.1. The molecule has 0 heterocycles. The molecule has 1 rings (SSSR count). The first kappa shape index (κ1) is 15.5. The molecule has 0 aromatic heterocycles. The molecule has 0 aliphatic carbocycles. The first-order chi connectivity index (χ1) is 9.21. The predicted molar refractivity (Wildman–Crippen MR) is 75.9 cm³/mol. The summed E-state index contributed by atoms with van der Waals surface area (Å²) in [6.45, 7) is 5.83. The van der Waals surface area contributed by atoms with E-state index < -0.39 is 0 Å². The molecule has 0 atom stereocenters. The number of esters is 1. The second-order valence-electron chi connectivity index (χ2n) is 3.82. The van der Waals surface area contributed by atoms with E-state index in [9.17, 15) is 4.79 Å². The second-order valence-corrected chi connectivity index (χ2v) is 4.83. The molecule has 1 aromatic carbocycles. The molecule has 0 radical (unpaired) electrons. The highest BCUT2D eigenvalue weighted by atomic mass is 32.2. The lowest BCUT2D eigenvalue weighted by Crippen LogP contribution is -2.11. The Balaban J connectivity index is 2.68. The highest BCUT2D eigenvalue weighted by molar-refractivity contribution is 8.00. The van der Waals surface area contributed by atoms with E-state index in [0.717, 1.165) is 23.5 Å². The van der Waals surface area contributed by atoms with Gasteiger partial charge in [-0.1, -0.05) is 13.0 Å². The molecule has 4 nitrogen and oxygen atoms in total. The van der Waals surface area contributed by atoms with Crippen LogP contribution in [0.15, 0.2) is 23.1 Å². The lowest BCUT2D eigenvalue weighted by Gasteiger charge is -2.07. The van der Waals surface area contributed by atoms with Gasteiger partial charge in [-0.25, -0.2) is 0 Å². The van der Waals surface area contributed by atoms with Crippen LogP contribution in [-0.2, 0) is 16.1 Å². The third kappa shape index (κ3) is 5.33. The molecule has 0 saturated heterocycles. The van der Waals surface area contributed by atoms with E-state index in [0.29, 0.717) is 12.2 Å². The van der Waals surface area contributed by atoms with Crippen molar-refractivity contribution in [2.24, 2.45) is 0 Å². The van der Waals surface area contributed by atoms with Crippen LogP contribution in [0.1, 0.15) is 25.0 Å². The van der Waals surface area contributed by atoms with Crippen molar-refractivity contribution in [3.63, 3.8) is 0 Å². The second kappa shape index (κ2) is 8.57. The summed E-state index contributed by atoms with van der Waals surface area (Å²) in [5, 5.41) is 12.3. The van der Waals surface area contributed by atoms with Crippen molar-refractivity contribution in [3.8, 4) is 6.07 Å². The molecule has 19 heavy (non-hydrogen) atoms. The minimum atomic E-state index is -0.256. The lowest BCUT2D eigenvalue weighted by molar-refractivity contribution is -0.139. The summed E-state index contributed by atoms with van der Waals surface area (Å²) in [5.41, 5.74) is 1.67. The summed E-state index contributed by atoms with van der Waals surface area (Å²) < 4.78 is 4.86. The van der Waals surface area contributed by atoms with Crippen LogP contribution < -0.4 is 5.32 Å². The van der Waals surface area contributed by atoms with E-state index in [-0.39, 0.29) is 11.7 Å². The Bertz CT molecular complexity index is 469. The number of carbonyl (C=O) groups is 1. The van der Waals surface area contributed by atoms with Gasteiger partial charge in [-0.15, -0.1) is 11.8 Å². The summed E-state index contributed by atoms with van der Waals surface area (Å²) in [6, 6.07) is 7.88. The Morgan fingerprint density at radius 2 is 2.26 bits per heavy atom. The molecule has 0 amide bonds. The van der Waals surface area contributed by atoms with Crippen LogP contribution in [0.4, 0.5) is 0 Å². The number of nitrogens with one attached hydrogen (secondary N) is 1. The number of hydrogen-bond acceptors (Lipinski definition) is 5. The zero-order chi connectivity index (χ0) is 14.1. The van der Waals surface area contributed by atoms with Crippen molar-refractivity contribution in [1.82, 2.24) is 5.32 Å². The zero-order valence-corrected chi connectivity index (χ0v) is 12.0. The third-order valence-corrected chi connectivity index (χ3v) is 3.44. The summed E-state index contributed by atoms with van der Waals surface area (Å²) in [4.78, 5) is 12.1. The summed E-state index contributed by atoms with van der Waals surface area (Å²) >= 11 is 1.33. The summed E-state index contributed by atoms with van der Waals surface area (Å²) in [6.07, 6.45) is 0. The van der Waals surface area contributed by atoms with Gasteiger partial charge in [-0.2, -0.15) is 5.26 Å². The molecule has 0 aliphatic rings. The smallest absolute Gasteiger partial charge is 0.316 e. The van der Waals surface area contributed by atoms with Crippen LogP contribution >= 0.6 is 11.8 Å². The Labute approximate surface area is 118 Å². The predicted octanol–water partition coefficient (Wildman–Crippen LogP) is 2.32. The maximum atomic E-state index is 11.3. The average molecular weight is 278 g/mol. The van der Waals surface area contributed by atoms with Gasteiger partial charge in [-0.3, -0.25) is 4.79 Å². The molecular weight excluding hydrogens is 260 g/mol. The molecule has 0 bridgehead atoms. The van der Waals surface area contributed by atoms with Gasteiger partial charge < -0.3 is 10.1 Å². The molecule has 0 aliphatic heterocycles. The molecule has 1 N–H and O–H groups in total. The minimum Gasteiger partial charge on any atom is -0.465 e. The van der Waals surface area contributed by atoms with Crippen LogP contribution in [0, 0.1) is 11.3 Å². The average Bonchev–Trinajstić information content (AvgIpc) is 2.43. The van der Waals surface area contributed by atoms with Crippen molar-refractivity contribution in [3.05, 3.63) is 29.3 Å². The van der Waals surface area contributed by atoms with Crippen LogP contribution in [0.5, 0.6) is 0 Å². The topological polar surface area (TPSA) is 62.1 Å². The number of thioether (sulfide) groups is 1. The van der Waals surface area contributed by atoms with Crippen LogP contribution in [0.2, 0.25) is 0 Å². The van der Waals surface area contributed by atoms with Gasteiger partial charge in [0.25, 0.3) is 0 Å². The molecule has 5 heteroatoms. The van der Waals surface area contributed by atoms with Gasteiger partial charge in [-0.05, 0) is 31.2 Å². The van der Waals surface area contributed by atoms with E-state index in [1.807, 2.05) is 25.1 Å². The number of nitrogens with zero attached hydrogens (tertiary/aromatic N) is 1. The number of carbonyl (C=O) groups excluding carboxylic acids is 1. The van der Waals surface area contributed by atoms with Gasteiger partial charge in [0.1, 0.15) is 6.07 Å². The highest BCUT2D eigenvalue weighted by Gasteiger charge is 2.08. The first-order valence-electron chi connectivity index (χ1n) is 6.23. The fraction of sp³-hybridized carbons (Fsp3) is 0.429. The molecule has 0 spiro atoms. The fourth-order valence-corrected chi connectivity index (χ4v) is 2.29. The van der Waals surface area contributed by atoms with Gasteiger partial charge >= 0.3 is 5.97 Å². The molecule has 0 fully saturated rings. The Hall–Kier alpha value is -1.51. The molecule has 102 valence electrons. The normalized spacial score (nSPS) is 9.95. The summed E-state index contributed by atoms with van der Waals surface area (Å²) in [7, 11) is 0. The Kier molecular flexibility index (Phi) is 7.01. The zero-order valence-electron chi connectivity index (χ0n) is 11.2. The monoisotopic (exact) mass is 278 g/mol. The first-order valence-corrected chi connectivity index (χ1v) is 7.22. The van der Waals surface area contributed by atoms with Gasteiger partial charge in [0, 0.05) is 11.4 Å². The van der Waals surface area contributed by atoms with E-state index in [1.54, 1.807) is 6.92 Å². The number of benzene rings is 1. The highest BCUT2D eigenvalue weighted by Crippen LogP contribution is 2.23. The minimum absolute atomic E-state index is 0.231. The van der Waals surface area contributed by atoms with E-state index in [4.69, 9.17) is 10.00 Å².